The molecule has 1 rings (SSSR count). The lowest BCUT2D eigenvalue weighted by Crippen LogP contribution is -2.35. The quantitative estimate of drug-likeness (QED) is 0.769. The Morgan fingerprint density at radius 1 is 1.29 bits per heavy atom. The van der Waals surface area contributed by atoms with E-state index in [2.05, 4.69) is 19.2 Å². The van der Waals surface area contributed by atoms with Gasteiger partial charge < -0.3 is 10.1 Å². The fraction of sp³-hybridized carbons (Fsp3) is 0.929. The summed E-state index contributed by atoms with van der Waals surface area (Å²) < 4.78 is 5.27. The van der Waals surface area contributed by atoms with Crippen molar-refractivity contribution in [1.29, 1.82) is 0 Å². The molecule has 1 aliphatic rings. The predicted octanol–water partition coefficient (Wildman–Crippen LogP) is 2.74. The Morgan fingerprint density at radius 2 is 1.94 bits per heavy atom. The SMILES string of the molecule is CC1CCC(NCCC(=O)OC(C)(C)C)C1C. The van der Waals surface area contributed by atoms with Gasteiger partial charge in [0.1, 0.15) is 5.60 Å². The fourth-order valence-corrected chi connectivity index (χ4v) is 2.40. The second-order valence-corrected chi connectivity index (χ2v) is 6.31. The van der Waals surface area contributed by atoms with Crippen molar-refractivity contribution in [2.75, 3.05) is 6.54 Å². The molecule has 3 atom stereocenters. The molecule has 3 nitrogen and oxygen atoms in total. The third-order valence-electron chi connectivity index (χ3n) is 3.62. The molecule has 3 heteroatoms. The Labute approximate surface area is 105 Å². The van der Waals surface area contributed by atoms with E-state index in [0.717, 1.165) is 12.5 Å². The first-order valence-electron chi connectivity index (χ1n) is 6.75. The Bertz CT molecular complexity index is 257. The molecule has 1 aliphatic carbocycles. The van der Waals surface area contributed by atoms with Gasteiger partial charge in [-0.25, -0.2) is 0 Å². The van der Waals surface area contributed by atoms with Gasteiger partial charge in [0.25, 0.3) is 0 Å². The summed E-state index contributed by atoms with van der Waals surface area (Å²) >= 11 is 0. The number of ether oxygens (including phenoxy) is 1. The van der Waals surface area contributed by atoms with Crippen molar-refractivity contribution in [2.45, 2.75) is 65.5 Å². The summed E-state index contributed by atoms with van der Waals surface area (Å²) in [4.78, 5) is 11.5. The normalized spacial score (nSPS) is 29.4. The van der Waals surface area contributed by atoms with Crippen LogP contribution in [-0.2, 0) is 9.53 Å². The topological polar surface area (TPSA) is 38.3 Å². The highest BCUT2D eigenvalue weighted by molar-refractivity contribution is 5.70. The first kappa shape index (κ1) is 14.5. The summed E-state index contributed by atoms with van der Waals surface area (Å²) in [5, 5.41) is 3.48. The summed E-state index contributed by atoms with van der Waals surface area (Å²) in [6, 6.07) is 0.576. The second-order valence-electron chi connectivity index (χ2n) is 6.31. The van der Waals surface area contributed by atoms with Gasteiger partial charge in [0.2, 0.25) is 0 Å². The molecule has 0 bridgehead atoms. The number of rotatable bonds is 4. The van der Waals surface area contributed by atoms with Crippen LogP contribution in [0.15, 0.2) is 0 Å². The molecule has 3 unspecified atom stereocenters. The summed E-state index contributed by atoms with van der Waals surface area (Å²) in [5.74, 6) is 1.41. The van der Waals surface area contributed by atoms with E-state index in [1.54, 1.807) is 0 Å². The van der Waals surface area contributed by atoms with E-state index in [0.29, 0.717) is 18.4 Å². The van der Waals surface area contributed by atoms with E-state index in [9.17, 15) is 4.79 Å². The highest BCUT2D eigenvalue weighted by Crippen LogP contribution is 2.30. The number of hydrogen-bond donors (Lipinski definition) is 1. The highest BCUT2D eigenvalue weighted by Gasteiger charge is 2.29. The van der Waals surface area contributed by atoms with Gasteiger partial charge in [-0.15, -0.1) is 0 Å². The van der Waals surface area contributed by atoms with Gasteiger partial charge in [0.05, 0.1) is 6.42 Å². The molecule has 0 spiro atoms. The number of nitrogens with one attached hydrogen (secondary N) is 1. The average Bonchev–Trinajstić information content (AvgIpc) is 2.46. The molecule has 0 saturated heterocycles. The van der Waals surface area contributed by atoms with Crippen LogP contribution in [0.3, 0.4) is 0 Å². The third kappa shape index (κ3) is 5.07. The van der Waals surface area contributed by atoms with Crippen LogP contribution in [0, 0.1) is 11.8 Å². The number of esters is 1. The van der Waals surface area contributed by atoms with E-state index in [1.807, 2.05) is 20.8 Å². The zero-order valence-corrected chi connectivity index (χ0v) is 11.9. The largest absolute Gasteiger partial charge is 0.460 e. The summed E-state index contributed by atoms with van der Waals surface area (Å²) in [6.45, 7) is 11.0. The van der Waals surface area contributed by atoms with Crippen LogP contribution in [0.1, 0.15) is 53.9 Å². The zero-order chi connectivity index (χ0) is 13.1. The Morgan fingerprint density at radius 3 is 2.41 bits per heavy atom. The second kappa shape index (κ2) is 5.85. The first-order valence-corrected chi connectivity index (χ1v) is 6.75. The van der Waals surface area contributed by atoms with E-state index in [-0.39, 0.29) is 11.6 Å². The monoisotopic (exact) mass is 241 g/mol. The molecule has 1 saturated carbocycles. The molecule has 100 valence electrons. The van der Waals surface area contributed by atoms with E-state index < -0.39 is 0 Å². The van der Waals surface area contributed by atoms with E-state index in [4.69, 9.17) is 4.74 Å². The van der Waals surface area contributed by atoms with Crippen molar-refractivity contribution >= 4 is 5.97 Å². The van der Waals surface area contributed by atoms with Crippen LogP contribution in [0.2, 0.25) is 0 Å². The number of hydrogen-bond acceptors (Lipinski definition) is 3. The van der Waals surface area contributed by atoms with Crippen LogP contribution >= 0.6 is 0 Å². The Hall–Kier alpha value is -0.570. The molecule has 0 aliphatic heterocycles. The molecule has 0 heterocycles. The lowest BCUT2D eigenvalue weighted by molar-refractivity contribution is -0.154. The van der Waals surface area contributed by atoms with Gasteiger partial charge in [-0.2, -0.15) is 0 Å². The van der Waals surface area contributed by atoms with Gasteiger partial charge in [0, 0.05) is 12.6 Å². The van der Waals surface area contributed by atoms with Crippen molar-refractivity contribution in [1.82, 2.24) is 5.32 Å². The summed E-state index contributed by atoms with van der Waals surface area (Å²) in [5.41, 5.74) is -0.369. The fourth-order valence-electron chi connectivity index (χ4n) is 2.40. The van der Waals surface area contributed by atoms with E-state index in [1.165, 1.54) is 12.8 Å². The highest BCUT2D eigenvalue weighted by atomic mass is 16.6. The zero-order valence-electron chi connectivity index (χ0n) is 11.9. The lowest BCUT2D eigenvalue weighted by atomic mass is 9.98. The molecule has 0 aromatic heterocycles. The lowest BCUT2D eigenvalue weighted by Gasteiger charge is -2.21. The number of carbonyl (C=O) groups is 1. The van der Waals surface area contributed by atoms with E-state index >= 15 is 0 Å². The molecule has 0 aromatic rings. The molecule has 1 N–H and O–H groups in total. The smallest absolute Gasteiger partial charge is 0.307 e. The minimum atomic E-state index is -0.369. The van der Waals surface area contributed by atoms with Crippen LogP contribution < -0.4 is 5.32 Å². The van der Waals surface area contributed by atoms with Crippen molar-refractivity contribution in [3.05, 3.63) is 0 Å². The molecule has 0 aromatic carbocycles. The van der Waals surface area contributed by atoms with Crippen molar-refractivity contribution in [3.63, 3.8) is 0 Å². The van der Waals surface area contributed by atoms with Gasteiger partial charge in [0.15, 0.2) is 0 Å². The number of carbonyl (C=O) groups excluding carboxylic acids is 1. The Kier molecular flexibility index (Phi) is 4.99. The standard InChI is InChI=1S/C14H27NO2/c1-10-6-7-12(11(10)2)15-9-8-13(16)17-14(3,4)5/h10-12,15H,6-9H2,1-5H3. The maximum Gasteiger partial charge on any atom is 0.307 e. The molecular formula is C14H27NO2. The molecule has 1 fully saturated rings. The van der Waals surface area contributed by atoms with Crippen molar-refractivity contribution in [2.24, 2.45) is 11.8 Å². The summed E-state index contributed by atoms with van der Waals surface area (Å²) in [7, 11) is 0. The first-order chi connectivity index (χ1) is 7.79. The molecule has 0 radical (unpaired) electrons. The third-order valence-corrected chi connectivity index (χ3v) is 3.62. The average molecular weight is 241 g/mol. The Balaban J connectivity index is 2.18. The molecule has 0 amide bonds. The van der Waals surface area contributed by atoms with Crippen molar-refractivity contribution in [3.8, 4) is 0 Å². The van der Waals surface area contributed by atoms with Crippen LogP contribution in [-0.4, -0.2) is 24.2 Å². The summed E-state index contributed by atoms with van der Waals surface area (Å²) in [6.07, 6.45) is 3.00. The van der Waals surface area contributed by atoms with Gasteiger partial charge in [-0.3, -0.25) is 4.79 Å². The minimum Gasteiger partial charge on any atom is -0.460 e. The van der Waals surface area contributed by atoms with Crippen LogP contribution in [0.5, 0.6) is 0 Å². The van der Waals surface area contributed by atoms with Gasteiger partial charge >= 0.3 is 5.97 Å². The predicted molar refractivity (Wildman–Crippen MR) is 69.8 cm³/mol. The maximum atomic E-state index is 11.5. The van der Waals surface area contributed by atoms with Gasteiger partial charge in [-0.1, -0.05) is 13.8 Å². The van der Waals surface area contributed by atoms with Crippen LogP contribution in [0.25, 0.3) is 0 Å². The van der Waals surface area contributed by atoms with Crippen LogP contribution in [0.4, 0.5) is 0 Å². The maximum absolute atomic E-state index is 11.5. The molecular weight excluding hydrogens is 214 g/mol. The van der Waals surface area contributed by atoms with Crippen molar-refractivity contribution < 1.29 is 9.53 Å². The minimum absolute atomic E-state index is 0.108. The molecule has 17 heavy (non-hydrogen) atoms. The van der Waals surface area contributed by atoms with Gasteiger partial charge in [-0.05, 0) is 45.4 Å².